The van der Waals surface area contributed by atoms with Crippen LogP contribution in [-0.4, -0.2) is 85.2 Å². The minimum atomic E-state index is -0.686. The van der Waals surface area contributed by atoms with Crippen molar-refractivity contribution in [3.8, 4) is 0 Å². The normalized spacial score (nSPS) is 13.3. The van der Waals surface area contributed by atoms with Gasteiger partial charge < -0.3 is 35.8 Å². The van der Waals surface area contributed by atoms with Crippen LogP contribution >= 0.6 is 24.8 Å². The van der Waals surface area contributed by atoms with E-state index in [-0.39, 0.29) is 50.1 Å². The molecule has 0 bridgehead atoms. The van der Waals surface area contributed by atoms with E-state index in [2.05, 4.69) is 73.0 Å². The molecule has 47 heavy (non-hydrogen) atoms. The van der Waals surface area contributed by atoms with Gasteiger partial charge in [-0.25, -0.2) is 0 Å². The van der Waals surface area contributed by atoms with Gasteiger partial charge in [-0.1, -0.05) is 112 Å². The number of hydrogen-bond acceptors (Lipinski definition) is 7. The van der Waals surface area contributed by atoms with Crippen molar-refractivity contribution in [1.82, 2.24) is 10.6 Å². The number of halogens is 2. The molecular formula is C38H66Cl2N2O5. The molecule has 0 aliphatic rings. The van der Waals surface area contributed by atoms with E-state index in [9.17, 15) is 10.2 Å². The molecule has 0 amide bonds. The molecule has 6 N–H and O–H groups in total. The predicted octanol–water partition coefficient (Wildman–Crippen LogP) is 6.63. The summed E-state index contributed by atoms with van der Waals surface area (Å²) in [7, 11) is 3.45. The van der Waals surface area contributed by atoms with Crippen molar-refractivity contribution in [2.24, 2.45) is 0 Å². The third-order valence-electron chi connectivity index (χ3n) is 7.44. The fourth-order valence-corrected chi connectivity index (χ4v) is 4.38. The maximum atomic E-state index is 9.86. The summed E-state index contributed by atoms with van der Waals surface area (Å²) in [6, 6.07) is 16.2. The SMILES string of the molecule is CCCCCc1ccc(/C=C/[C@H](O)[C@@H](CO)NC)cc1.CCCCCc1ccc(/C=C/[C@H](O)[C@@H](CO)NC)cc1.CCOCC.Cl.Cl. The Kier molecular flexibility index (Phi) is 36.0. The summed E-state index contributed by atoms with van der Waals surface area (Å²) >= 11 is 0. The van der Waals surface area contributed by atoms with Crippen molar-refractivity contribution >= 4 is 37.0 Å². The molecule has 2 aromatic carbocycles. The Bertz CT molecular complexity index is 903. The third kappa shape index (κ3) is 24.9. The molecule has 4 atom stereocenters. The molecule has 0 radical (unpaired) electrons. The maximum Gasteiger partial charge on any atom is 0.0899 e. The van der Waals surface area contributed by atoms with Crippen molar-refractivity contribution in [3.05, 3.63) is 82.9 Å². The molecule has 9 heteroatoms. The second kappa shape index (κ2) is 34.1. The van der Waals surface area contributed by atoms with Crippen LogP contribution in [-0.2, 0) is 17.6 Å². The molecule has 0 saturated heterocycles. The Morgan fingerprint density at radius 3 is 1.17 bits per heavy atom. The van der Waals surface area contributed by atoms with Crippen LogP contribution in [0, 0.1) is 0 Å². The molecule has 2 rings (SSSR count). The number of likely N-dealkylation sites (N-methyl/N-ethyl adjacent to an activating group) is 2. The van der Waals surface area contributed by atoms with Crippen LogP contribution in [0.3, 0.4) is 0 Å². The van der Waals surface area contributed by atoms with Gasteiger partial charge in [-0.2, -0.15) is 0 Å². The largest absolute Gasteiger partial charge is 0.395 e. The van der Waals surface area contributed by atoms with Crippen LogP contribution in [0.2, 0.25) is 0 Å². The van der Waals surface area contributed by atoms with E-state index < -0.39 is 12.2 Å². The summed E-state index contributed by atoms with van der Waals surface area (Å²) in [6.45, 7) is 9.92. The van der Waals surface area contributed by atoms with E-state index in [1.165, 1.54) is 49.7 Å². The number of aryl methyl sites for hydroxylation is 2. The van der Waals surface area contributed by atoms with Crippen molar-refractivity contribution in [3.63, 3.8) is 0 Å². The predicted molar refractivity (Wildman–Crippen MR) is 206 cm³/mol. The minimum Gasteiger partial charge on any atom is -0.395 e. The molecular weight excluding hydrogens is 635 g/mol. The first-order valence-electron chi connectivity index (χ1n) is 16.9. The van der Waals surface area contributed by atoms with Crippen LogP contribution in [0.25, 0.3) is 12.2 Å². The highest BCUT2D eigenvalue weighted by Crippen LogP contribution is 2.12. The summed E-state index contributed by atoms with van der Waals surface area (Å²) < 4.78 is 4.83. The highest BCUT2D eigenvalue weighted by Gasteiger charge is 2.13. The van der Waals surface area contributed by atoms with E-state index in [4.69, 9.17) is 14.9 Å². The molecule has 2 aromatic rings. The van der Waals surface area contributed by atoms with Gasteiger partial charge in [0.05, 0.1) is 37.5 Å². The zero-order valence-corrected chi connectivity index (χ0v) is 31.4. The molecule has 0 aliphatic heterocycles. The van der Waals surface area contributed by atoms with E-state index in [1.54, 1.807) is 26.2 Å². The number of aliphatic hydroxyl groups is 4. The quantitative estimate of drug-likeness (QED) is 0.0860. The summed E-state index contributed by atoms with van der Waals surface area (Å²) in [5, 5.41) is 43.6. The number of aliphatic hydroxyl groups excluding tert-OH is 4. The molecule has 7 nitrogen and oxygen atoms in total. The number of hydrogen-bond donors (Lipinski definition) is 6. The monoisotopic (exact) mass is 700 g/mol. The second-order valence-corrected chi connectivity index (χ2v) is 11.0. The lowest BCUT2D eigenvalue weighted by Crippen LogP contribution is -2.39. The van der Waals surface area contributed by atoms with Crippen molar-refractivity contribution in [1.29, 1.82) is 0 Å². The van der Waals surface area contributed by atoms with Gasteiger partial charge in [0, 0.05) is 13.2 Å². The van der Waals surface area contributed by atoms with Gasteiger partial charge >= 0.3 is 0 Å². The molecule has 0 heterocycles. The van der Waals surface area contributed by atoms with Crippen LogP contribution < -0.4 is 10.6 Å². The van der Waals surface area contributed by atoms with Crippen LogP contribution in [0.1, 0.15) is 88.5 Å². The van der Waals surface area contributed by atoms with Gasteiger partial charge in [-0.05, 0) is 75.9 Å². The smallest absolute Gasteiger partial charge is 0.0899 e. The average Bonchev–Trinajstić information content (AvgIpc) is 3.06. The average molecular weight is 702 g/mol. The zero-order chi connectivity index (χ0) is 33.7. The zero-order valence-electron chi connectivity index (χ0n) is 29.7. The van der Waals surface area contributed by atoms with Crippen molar-refractivity contribution in [2.45, 2.75) is 103 Å². The van der Waals surface area contributed by atoms with E-state index in [0.29, 0.717) is 0 Å². The highest BCUT2D eigenvalue weighted by atomic mass is 35.5. The Labute approximate surface area is 298 Å². The first-order valence-corrected chi connectivity index (χ1v) is 16.9. The minimum absolute atomic E-state index is 0. The summed E-state index contributed by atoms with van der Waals surface area (Å²) in [6.07, 6.45) is 15.6. The number of benzene rings is 2. The van der Waals surface area contributed by atoms with Crippen LogP contribution in [0.5, 0.6) is 0 Å². The third-order valence-corrected chi connectivity index (χ3v) is 7.44. The van der Waals surface area contributed by atoms with E-state index >= 15 is 0 Å². The molecule has 0 fully saturated rings. The van der Waals surface area contributed by atoms with Crippen LogP contribution in [0.15, 0.2) is 60.7 Å². The Hall–Kier alpha value is -1.78. The fourth-order valence-electron chi connectivity index (χ4n) is 4.38. The molecule has 0 aromatic heterocycles. The molecule has 0 unspecified atom stereocenters. The standard InChI is InChI=1S/2C17H27NO2.C4H10O.2ClH/c2*1-3-4-5-6-14-7-9-15(10-8-14)11-12-17(20)16(13-19)18-2;1-3-5-4-2;;/h2*7-12,16-20H,3-6,13H2,1-2H3;3-4H2,1-2H3;2*1H/b2*12-11+;;;/t2*16-,17+;;;/m11.../s1. The lowest BCUT2D eigenvalue weighted by atomic mass is 10.0. The highest BCUT2D eigenvalue weighted by molar-refractivity contribution is 5.85. The Morgan fingerprint density at radius 1 is 0.596 bits per heavy atom. The van der Waals surface area contributed by atoms with Gasteiger partial charge in [-0.15, -0.1) is 24.8 Å². The summed E-state index contributed by atoms with van der Waals surface area (Å²) in [5.74, 6) is 0. The molecule has 0 aliphatic carbocycles. The lowest BCUT2D eigenvalue weighted by Gasteiger charge is -2.16. The number of ether oxygens (including phenoxy) is 1. The van der Waals surface area contributed by atoms with Crippen molar-refractivity contribution in [2.75, 3.05) is 40.5 Å². The fraction of sp³-hybridized carbons (Fsp3) is 0.579. The number of rotatable bonds is 20. The number of unbranched alkanes of at least 4 members (excludes halogenated alkanes) is 4. The maximum absolute atomic E-state index is 9.86. The van der Waals surface area contributed by atoms with E-state index in [1.807, 2.05) is 26.0 Å². The number of nitrogens with one attached hydrogen (secondary N) is 2. The van der Waals surface area contributed by atoms with E-state index in [0.717, 1.165) is 37.2 Å². The topological polar surface area (TPSA) is 114 Å². The summed E-state index contributed by atoms with van der Waals surface area (Å²) in [5.41, 5.74) is 4.85. The first kappa shape index (κ1) is 49.6. The molecule has 0 saturated carbocycles. The first-order chi connectivity index (χ1) is 21.8. The molecule has 0 spiro atoms. The van der Waals surface area contributed by atoms with Crippen molar-refractivity contribution < 1.29 is 25.2 Å². The Balaban J connectivity index is -0.000000694. The second-order valence-electron chi connectivity index (χ2n) is 11.0. The van der Waals surface area contributed by atoms with Gasteiger partial charge in [0.2, 0.25) is 0 Å². The van der Waals surface area contributed by atoms with Gasteiger partial charge in [-0.3, -0.25) is 0 Å². The van der Waals surface area contributed by atoms with Gasteiger partial charge in [0.1, 0.15) is 0 Å². The molecule has 272 valence electrons. The lowest BCUT2D eigenvalue weighted by molar-refractivity contribution is 0.128. The van der Waals surface area contributed by atoms with Gasteiger partial charge in [0.15, 0.2) is 0 Å². The van der Waals surface area contributed by atoms with Gasteiger partial charge in [0.25, 0.3) is 0 Å². The Morgan fingerprint density at radius 2 is 0.936 bits per heavy atom. The summed E-state index contributed by atoms with van der Waals surface area (Å²) in [4.78, 5) is 0. The van der Waals surface area contributed by atoms with Crippen LogP contribution in [0.4, 0.5) is 0 Å².